The highest BCUT2D eigenvalue weighted by Crippen LogP contribution is 2.28. The van der Waals surface area contributed by atoms with E-state index >= 15 is 0 Å². The van der Waals surface area contributed by atoms with Crippen LogP contribution >= 0.6 is 11.6 Å². The van der Waals surface area contributed by atoms with Crippen LogP contribution in [-0.2, 0) is 0 Å². The number of benzene rings is 1. The van der Waals surface area contributed by atoms with Crippen LogP contribution in [0.25, 0.3) is 0 Å². The number of nitriles is 1. The molecule has 0 aliphatic rings. The van der Waals surface area contributed by atoms with Crippen molar-refractivity contribution in [1.82, 2.24) is 0 Å². The highest BCUT2D eigenvalue weighted by atomic mass is 35.5. The number of aromatic hydroxyl groups is 1. The number of rotatable bonds is 0. The second kappa shape index (κ2) is 2.81. The van der Waals surface area contributed by atoms with Gasteiger partial charge in [-0.25, -0.2) is 0 Å². The summed E-state index contributed by atoms with van der Waals surface area (Å²) < 4.78 is 0. The molecule has 1 aromatic carbocycles. The fourth-order valence-electron chi connectivity index (χ4n) is 0.788. The van der Waals surface area contributed by atoms with E-state index in [0.717, 1.165) is 0 Å². The van der Waals surface area contributed by atoms with E-state index in [4.69, 9.17) is 16.9 Å². The van der Waals surface area contributed by atoms with Crippen LogP contribution < -0.4 is 0 Å². The number of phenols is 1. The molecule has 0 fully saturated rings. The van der Waals surface area contributed by atoms with Crippen LogP contribution in [0.3, 0.4) is 0 Å². The Hall–Kier alpha value is -1.20. The fourth-order valence-corrected chi connectivity index (χ4v) is 0.993. The molecule has 0 saturated carbocycles. The molecule has 3 heteroatoms. The van der Waals surface area contributed by atoms with Gasteiger partial charge < -0.3 is 5.11 Å². The third kappa shape index (κ3) is 1.28. The topological polar surface area (TPSA) is 44.0 Å². The Morgan fingerprint density at radius 2 is 2.18 bits per heavy atom. The minimum Gasteiger partial charge on any atom is -0.506 e. The molecule has 0 aliphatic carbocycles. The van der Waals surface area contributed by atoms with E-state index in [2.05, 4.69) is 0 Å². The lowest BCUT2D eigenvalue weighted by molar-refractivity contribution is 0.471. The first kappa shape index (κ1) is 7.90. The van der Waals surface area contributed by atoms with E-state index in [1.165, 1.54) is 6.07 Å². The number of halogens is 1. The summed E-state index contributed by atoms with van der Waals surface area (Å²) in [4.78, 5) is 0. The van der Waals surface area contributed by atoms with Gasteiger partial charge in [-0.15, -0.1) is 0 Å². The first-order valence-corrected chi connectivity index (χ1v) is 3.42. The summed E-state index contributed by atoms with van der Waals surface area (Å²) >= 11 is 5.58. The Morgan fingerprint density at radius 1 is 1.55 bits per heavy atom. The molecule has 11 heavy (non-hydrogen) atoms. The van der Waals surface area contributed by atoms with Gasteiger partial charge in [0.2, 0.25) is 0 Å². The zero-order valence-corrected chi connectivity index (χ0v) is 6.68. The molecule has 0 aromatic heterocycles. The van der Waals surface area contributed by atoms with Gasteiger partial charge in [0.05, 0.1) is 16.7 Å². The van der Waals surface area contributed by atoms with E-state index in [0.29, 0.717) is 11.1 Å². The van der Waals surface area contributed by atoms with Crippen LogP contribution in [0.5, 0.6) is 5.75 Å². The van der Waals surface area contributed by atoms with Gasteiger partial charge in [-0.1, -0.05) is 11.6 Å². The van der Waals surface area contributed by atoms with E-state index < -0.39 is 0 Å². The van der Waals surface area contributed by atoms with Crippen molar-refractivity contribution < 1.29 is 5.11 Å². The summed E-state index contributed by atoms with van der Waals surface area (Å²) in [6.07, 6.45) is 0. The van der Waals surface area contributed by atoms with Crippen LogP contribution in [0.4, 0.5) is 0 Å². The lowest BCUT2D eigenvalue weighted by Crippen LogP contribution is -1.82. The first-order chi connectivity index (χ1) is 5.16. The summed E-state index contributed by atoms with van der Waals surface area (Å²) in [7, 11) is 0. The van der Waals surface area contributed by atoms with Gasteiger partial charge in [-0.3, -0.25) is 0 Å². The van der Waals surface area contributed by atoms with Crippen molar-refractivity contribution in [3.05, 3.63) is 28.3 Å². The lowest BCUT2D eigenvalue weighted by Gasteiger charge is -2.01. The fraction of sp³-hybridized carbons (Fsp3) is 0.125. The molecule has 0 aliphatic heterocycles. The second-order valence-corrected chi connectivity index (χ2v) is 2.59. The van der Waals surface area contributed by atoms with Gasteiger partial charge in [0.1, 0.15) is 5.75 Å². The average molecular weight is 168 g/mol. The van der Waals surface area contributed by atoms with E-state index in [9.17, 15) is 5.11 Å². The van der Waals surface area contributed by atoms with Crippen LogP contribution in [-0.4, -0.2) is 5.11 Å². The standard InChI is InChI=1S/C8H6ClNO/c1-5-6(4-10)2-3-7(9)8(5)11/h2-3,11H,1H3. The number of phenolic OH excluding ortho intramolecular Hbond substituents is 1. The molecule has 2 nitrogen and oxygen atoms in total. The van der Waals surface area contributed by atoms with Gasteiger partial charge in [0.15, 0.2) is 0 Å². The maximum absolute atomic E-state index is 9.24. The van der Waals surface area contributed by atoms with Crippen LogP contribution in [0.1, 0.15) is 11.1 Å². The minimum absolute atomic E-state index is 0.00860. The maximum atomic E-state index is 9.24. The largest absolute Gasteiger partial charge is 0.506 e. The zero-order valence-electron chi connectivity index (χ0n) is 5.93. The molecule has 0 radical (unpaired) electrons. The molecule has 0 heterocycles. The van der Waals surface area contributed by atoms with Gasteiger partial charge in [-0.05, 0) is 19.1 Å². The number of hydrogen-bond acceptors (Lipinski definition) is 2. The zero-order chi connectivity index (χ0) is 8.43. The monoisotopic (exact) mass is 167 g/mol. The maximum Gasteiger partial charge on any atom is 0.138 e. The van der Waals surface area contributed by atoms with Crippen molar-refractivity contribution in [2.24, 2.45) is 0 Å². The Morgan fingerprint density at radius 3 is 2.73 bits per heavy atom. The van der Waals surface area contributed by atoms with Crippen LogP contribution in [0.15, 0.2) is 12.1 Å². The van der Waals surface area contributed by atoms with Crippen LogP contribution in [0.2, 0.25) is 5.02 Å². The Balaban J connectivity index is 3.40. The summed E-state index contributed by atoms with van der Waals surface area (Å²) in [5, 5.41) is 18.0. The van der Waals surface area contributed by atoms with Gasteiger partial charge >= 0.3 is 0 Å². The van der Waals surface area contributed by atoms with Crippen molar-refractivity contribution in [1.29, 1.82) is 5.26 Å². The average Bonchev–Trinajstić information content (AvgIpc) is 2.01. The van der Waals surface area contributed by atoms with Crippen molar-refractivity contribution in [3.63, 3.8) is 0 Å². The molecule has 0 amide bonds. The molecule has 1 N–H and O–H groups in total. The molecular formula is C8H6ClNO. The first-order valence-electron chi connectivity index (χ1n) is 3.05. The lowest BCUT2D eigenvalue weighted by atomic mass is 10.1. The number of hydrogen-bond donors (Lipinski definition) is 1. The predicted molar refractivity (Wildman–Crippen MR) is 42.6 cm³/mol. The van der Waals surface area contributed by atoms with Crippen molar-refractivity contribution >= 4 is 11.6 Å². The smallest absolute Gasteiger partial charge is 0.138 e. The molecule has 56 valence electrons. The van der Waals surface area contributed by atoms with Gasteiger partial charge in [0.25, 0.3) is 0 Å². The quantitative estimate of drug-likeness (QED) is 0.644. The van der Waals surface area contributed by atoms with Crippen molar-refractivity contribution in [3.8, 4) is 11.8 Å². The van der Waals surface area contributed by atoms with Crippen molar-refractivity contribution in [2.75, 3.05) is 0 Å². The summed E-state index contributed by atoms with van der Waals surface area (Å²) in [5.74, 6) is -0.00860. The molecule has 0 saturated heterocycles. The van der Waals surface area contributed by atoms with Crippen LogP contribution in [0, 0.1) is 18.3 Å². The predicted octanol–water partition coefficient (Wildman–Crippen LogP) is 2.23. The summed E-state index contributed by atoms with van der Waals surface area (Å²) in [6, 6.07) is 5.03. The Bertz CT molecular complexity index is 328. The molecular weight excluding hydrogens is 162 g/mol. The SMILES string of the molecule is Cc1c(C#N)ccc(Cl)c1O. The Kier molecular flexibility index (Phi) is 2.02. The third-order valence-electron chi connectivity index (χ3n) is 1.50. The second-order valence-electron chi connectivity index (χ2n) is 2.18. The Labute approximate surface area is 69.7 Å². The van der Waals surface area contributed by atoms with Crippen molar-refractivity contribution in [2.45, 2.75) is 6.92 Å². The summed E-state index contributed by atoms with van der Waals surface area (Å²) in [6.45, 7) is 1.65. The normalized spacial score (nSPS) is 9.18. The molecule has 0 unspecified atom stereocenters. The minimum atomic E-state index is -0.00860. The molecule has 1 rings (SSSR count). The highest BCUT2D eigenvalue weighted by molar-refractivity contribution is 6.32. The molecule has 0 spiro atoms. The molecule has 1 aromatic rings. The van der Waals surface area contributed by atoms with Gasteiger partial charge in [0, 0.05) is 5.56 Å². The van der Waals surface area contributed by atoms with E-state index in [1.54, 1.807) is 13.0 Å². The van der Waals surface area contributed by atoms with Gasteiger partial charge in [-0.2, -0.15) is 5.26 Å². The van der Waals surface area contributed by atoms with E-state index in [1.807, 2.05) is 6.07 Å². The van der Waals surface area contributed by atoms with E-state index in [-0.39, 0.29) is 10.8 Å². The summed E-state index contributed by atoms with van der Waals surface area (Å²) in [5.41, 5.74) is 0.979. The molecule has 0 atom stereocenters. The number of nitrogens with zero attached hydrogens (tertiary/aromatic N) is 1. The third-order valence-corrected chi connectivity index (χ3v) is 1.81. The highest BCUT2D eigenvalue weighted by Gasteiger charge is 2.05. The molecule has 0 bridgehead atoms.